The molecule has 3 N–H and O–H groups in total. The molecule has 2 unspecified atom stereocenters. The van der Waals surface area contributed by atoms with Gasteiger partial charge >= 0.3 is 39.5 Å². The van der Waals surface area contributed by atoms with E-state index in [9.17, 15) is 43.2 Å². The van der Waals surface area contributed by atoms with Crippen LogP contribution in [0.5, 0.6) is 0 Å². The van der Waals surface area contributed by atoms with Crippen molar-refractivity contribution >= 4 is 39.5 Å². The van der Waals surface area contributed by atoms with Crippen LogP contribution in [0, 0.1) is 5.92 Å². The van der Waals surface area contributed by atoms with E-state index in [1.807, 2.05) is 0 Å². The van der Waals surface area contributed by atoms with Gasteiger partial charge in [-0.05, 0) is 31.6 Å². The maximum absolute atomic E-state index is 13.1. The van der Waals surface area contributed by atoms with Crippen molar-refractivity contribution in [2.75, 3.05) is 39.6 Å². The van der Waals surface area contributed by atoms with Gasteiger partial charge in [0, 0.05) is 25.7 Å². The molecule has 0 aliphatic carbocycles. The van der Waals surface area contributed by atoms with Gasteiger partial charge in [0.1, 0.15) is 19.3 Å². The summed E-state index contributed by atoms with van der Waals surface area (Å²) in [5.74, 6) is -1.29. The second kappa shape index (κ2) is 70.1. The monoisotopic (exact) mass is 1410 g/mol. The topological polar surface area (TPSA) is 237 Å². The molecule has 96 heavy (non-hydrogen) atoms. The Morgan fingerprint density at radius 3 is 0.708 bits per heavy atom. The molecule has 0 bridgehead atoms. The predicted octanol–water partition coefficient (Wildman–Crippen LogP) is 22.9. The second-order valence-corrected chi connectivity index (χ2v) is 31.1. The minimum Gasteiger partial charge on any atom is -0.462 e. The summed E-state index contributed by atoms with van der Waals surface area (Å²) in [7, 11) is -9.90. The van der Waals surface area contributed by atoms with Gasteiger partial charge in [0.05, 0.1) is 26.4 Å². The highest BCUT2D eigenvalue weighted by Crippen LogP contribution is 2.45. The molecule has 5 atom stereocenters. The third kappa shape index (κ3) is 70.5. The Morgan fingerprint density at radius 2 is 0.479 bits per heavy atom. The van der Waals surface area contributed by atoms with Crippen molar-refractivity contribution in [2.24, 2.45) is 5.92 Å². The zero-order chi connectivity index (χ0) is 70.5. The van der Waals surface area contributed by atoms with Crippen molar-refractivity contribution < 1.29 is 80.2 Å². The number of hydrogen-bond donors (Lipinski definition) is 3. The molecule has 570 valence electrons. The van der Waals surface area contributed by atoms with Gasteiger partial charge in [-0.2, -0.15) is 0 Å². The molecule has 0 radical (unpaired) electrons. The fourth-order valence-corrected chi connectivity index (χ4v) is 13.5. The first-order valence-corrected chi connectivity index (χ1v) is 43.1. The van der Waals surface area contributed by atoms with Crippen LogP contribution < -0.4 is 0 Å². The van der Waals surface area contributed by atoms with Gasteiger partial charge in [-0.25, -0.2) is 9.13 Å². The minimum atomic E-state index is -4.96. The number of esters is 4. The van der Waals surface area contributed by atoms with Crippen LogP contribution in [-0.2, 0) is 65.4 Å². The molecule has 0 aromatic rings. The number of rotatable bonds is 77. The summed E-state index contributed by atoms with van der Waals surface area (Å²) in [5.41, 5.74) is 0. The number of unbranched alkanes of at least 4 members (excludes halogenated alkanes) is 49. The molecule has 0 spiro atoms. The molecule has 0 fully saturated rings. The van der Waals surface area contributed by atoms with E-state index in [4.69, 9.17) is 37.0 Å². The summed E-state index contributed by atoms with van der Waals surface area (Å²) in [5, 5.41) is 10.6. The van der Waals surface area contributed by atoms with E-state index in [0.717, 1.165) is 109 Å². The normalized spacial score (nSPS) is 13.9. The maximum Gasteiger partial charge on any atom is 0.472 e. The lowest BCUT2D eigenvalue weighted by Crippen LogP contribution is -2.30. The lowest BCUT2D eigenvalue weighted by atomic mass is 10.0. The summed E-state index contributed by atoms with van der Waals surface area (Å²) >= 11 is 0. The summed E-state index contributed by atoms with van der Waals surface area (Å²) in [6.45, 7) is 7.30. The Kier molecular flexibility index (Phi) is 68.7. The Labute approximate surface area is 588 Å². The SMILES string of the molecule is CCCCCCCCCCCCCCCCCC(=O)OC[C@H](COP(=O)(O)OC[C@@H](O)COP(=O)(O)OC[C@@H](COC(=O)CCCCCCCCC)OC(=O)CCCCCCCCCCCCCCC)OC(=O)CCCCCCCCCCCCCCCCCCCCC(C)C. The lowest BCUT2D eigenvalue weighted by molar-refractivity contribution is -0.161. The average molecular weight is 1410 g/mol. The van der Waals surface area contributed by atoms with E-state index in [0.29, 0.717) is 25.7 Å². The Hall–Kier alpha value is -1.94. The van der Waals surface area contributed by atoms with Crippen molar-refractivity contribution in [1.82, 2.24) is 0 Å². The smallest absolute Gasteiger partial charge is 0.462 e. The summed E-state index contributed by atoms with van der Waals surface area (Å²) in [6.07, 6.45) is 59.8. The van der Waals surface area contributed by atoms with Gasteiger partial charge in [-0.1, -0.05) is 356 Å². The van der Waals surface area contributed by atoms with Crippen molar-refractivity contribution in [2.45, 2.75) is 425 Å². The number of aliphatic hydroxyl groups excluding tert-OH is 1. The van der Waals surface area contributed by atoms with Crippen molar-refractivity contribution in [3.63, 3.8) is 0 Å². The van der Waals surface area contributed by atoms with E-state index in [1.54, 1.807) is 0 Å². The summed E-state index contributed by atoms with van der Waals surface area (Å²) in [4.78, 5) is 72.7. The van der Waals surface area contributed by atoms with Crippen molar-refractivity contribution in [3.05, 3.63) is 0 Å². The van der Waals surface area contributed by atoms with Crippen LogP contribution in [0.1, 0.15) is 407 Å². The zero-order valence-electron chi connectivity index (χ0n) is 62.5. The molecule has 19 heteroatoms. The largest absolute Gasteiger partial charge is 0.472 e. The van der Waals surface area contributed by atoms with Crippen LogP contribution in [0.25, 0.3) is 0 Å². The number of hydrogen-bond acceptors (Lipinski definition) is 15. The van der Waals surface area contributed by atoms with Gasteiger partial charge in [-0.3, -0.25) is 37.3 Å². The Balaban J connectivity index is 5.16. The van der Waals surface area contributed by atoms with E-state index < -0.39 is 97.5 Å². The summed E-state index contributed by atoms with van der Waals surface area (Å²) in [6, 6.07) is 0. The molecule has 0 saturated heterocycles. The van der Waals surface area contributed by atoms with Crippen LogP contribution >= 0.6 is 15.6 Å². The van der Waals surface area contributed by atoms with Crippen LogP contribution in [0.2, 0.25) is 0 Å². The fraction of sp³-hybridized carbons (Fsp3) is 0.948. The summed E-state index contributed by atoms with van der Waals surface area (Å²) < 4.78 is 68.4. The molecule has 0 saturated carbocycles. The van der Waals surface area contributed by atoms with E-state index in [-0.39, 0.29) is 25.7 Å². The molecular formula is C77H150O17P2. The van der Waals surface area contributed by atoms with Crippen LogP contribution in [0.15, 0.2) is 0 Å². The predicted molar refractivity (Wildman–Crippen MR) is 391 cm³/mol. The number of carbonyl (C=O) groups is 4. The molecule has 17 nitrogen and oxygen atoms in total. The highest BCUT2D eigenvalue weighted by Gasteiger charge is 2.30. The standard InChI is InChI=1S/C77H150O17P2/c1-6-9-12-15-18-20-22-24-29-34-37-41-46-51-56-61-75(80)88-67-73(94-77(82)63-58-53-48-43-39-35-31-28-26-25-27-30-33-36-40-45-49-54-59-70(4)5)69-92-96(85,86)90-65-71(78)64-89-95(83,84)91-68-72(66-87-74(79)60-55-50-44-17-14-11-8-3)93-76(81)62-57-52-47-42-38-32-23-21-19-16-13-10-7-2/h70-73,78H,6-69H2,1-5H3,(H,83,84)(H,85,86)/t71-,72+,73+/m0/s1. The van der Waals surface area contributed by atoms with Crippen LogP contribution in [0.4, 0.5) is 0 Å². The Morgan fingerprint density at radius 1 is 0.281 bits per heavy atom. The molecule has 0 aromatic heterocycles. The minimum absolute atomic E-state index is 0.108. The van der Waals surface area contributed by atoms with Gasteiger partial charge in [0.15, 0.2) is 12.2 Å². The third-order valence-corrected chi connectivity index (χ3v) is 19.9. The highest BCUT2D eigenvalue weighted by molar-refractivity contribution is 7.47. The second-order valence-electron chi connectivity index (χ2n) is 28.2. The Bertz CT molecular complexity index is 1840. The first-order chi connectivity index (χ1) is 46.5. The van der Waals surface area contributed by atoms with Gasteiger partial charge < -0.3 is 33.8 Å². The van der Waals surface area contributed by atoms with Crippen LogP contribution in [-0.4, -0.2) is 96.7 Å². The van der Waals surface area contributed by atoms with Crippen molar-refractivity contribution in [3.8, 4) is 0 Å². The highest BCUT2D eigenvalue weighted by atomic mass is 31.2. The maximum atomic E-state index is 13.1. The first kappa shape index (κ1) is 94.1. The van der Waals surface area contributed by atoms with Gasteiger partial charge in [-0.15, -0.1) is 0 Å². The third-order valence-electron chi connectivity index (χ3n) is 18.0. The molecule has 0 aliphatic heterocycles. The number of phosphoric ester groups is 2. The van der Waals surface area contributed by atoms with E-state index >= 15 is 0 Å². The quantitative estimate of drug-likeness (QED) is 0.0222. The molecule has 0 amide bonds. The lowest BCUT2D eigenvalue weighted by Gasteiger charge is -2.21. The number of aliphatic hydroxyl groups is 1. The van der Waals surface area contributed by atoms with Gasteiger partial charge in [0.2, 0.25) is 0 Å². The van der Waals surface area contributed by atoms with Crippen LogP contribution in [0.3, 0.4) is 0 Å². The number of ether oxygens (including phenoxy) is 4. The first-order valence-electron chi connectivity index (χ1n) is 40.1. The van der Waals surface area contributed by atoms with E-state index in [2.05, 4.69) is 34.6 Å². The molecule has 0 aromatic carbocycles. The molecular weight excluding hydrogens is 1260 g/mol. The van der Waals surface area contributed by atoms with Crippen molar-refractivity contribution in [1.29, 1.82) is 0 Å². The molecule has 0 aliphatic rings. The van der Waals surface area contributed by atoms with E-state index in [1.165, 1.54) is 218 Å². The number of phosphoric acid groups is 2. The van der Waals surface area contributed by atoms with Gasteiger partial charge in [0.25, 0.3) is 0 Å². The number of carbonyl (C=O) groups excluding carboxylic acids is 4. The molecule has 0 rings (SSSR count). The molecule has 0 heterocycles. The average Bonchev–Trinajstić information content (AvgIpc) is 2.34. The zero-order valence-corrected chi connectivity index (χ0v) is 64.3. The fourth-order valence-electron chi connectivity index (χ4n) is 11.9.